The van der Waals surface area contributed by atoms with E-state index >= 15 is 0 Å². The van der Waals surface area contributed by atoms with Crippen LogP contribution in [0.1, 0.15) is 32.7 Å². The van der Waals surface area contributed by atoms with E-state index in [9.17, 15) is 9.90 Å². The van der Waals surface area contributed by atoms with E-state index < -0.39 is 5.97 Å². The van der Waals surface area contributed by atoms with Crippen LogP contribution in [0.25, 0.3) is 16.9 Å². The number of carboxylic acids is 1. The maximum absolute atomic E-state index is 11.7. The zero-order valence-electron chi connectivity index (χ0n) is 18.2. The van der Waals surface area contributed by atoms with Gasteiger partial charge in [-0.15, -0.1) is 0 Å². The lowest BCUT2D eigenvalue weighted by molar-refractivity contribution is 0.0696. The topological polar surface area (TPSA) is 51.5 Å². The minimum absolute atomic E-state index is 0.281. The SMILES string of the molecule is Cc1ccccc1COc1ccc(Cl)cc1-c1ccc(C)n1-c1ccc(C)c(C(=O)O)c1. The Kier molecular flexibility index (Phi) is 6.06. The predicted molar refractivity (Wildman–Crippen MR) is 128 cm³/mol. The minimum Gasteiger partial charge on any atom is -0.488 e. The molecule has 4 aromatic rings. The highest BCUT2D eigenvalue weighted by Crippen LogP contribution is 2.36. The first-order valence-electron chi connectivity index (χ1n) is 10.3. The Morgan fingerprint density at radius 1 is 0.938 bits per heavy atom. The normalized spacial score (nSPS) is 10.9. The largest absolute Gasteiger partial charge is 0.488 e. The molecule has 0 aliphatic rings. The number of carbonyl (C=O) groups is 1. The van der Waals surface area contributed by atoms with Crippen LogP contribution in [0.2, 0.25) is 5.02 Å². The quantitative estimate of drug-likeness (QED) is 0.347. The number of carboxylic acid groups (broad SMARTS) is 1. The highest BCUT2D eigenvalue weighted by Gasteiger charge is 2.17. The zero-order valence-corrected chi connectivity index (χ0v) is 19.0. The van der Waals surface area contributed by atoms with Crippen molar-refractivity contribution in [1.82, 2.24) is 4.57 Å². The molecular weight excluding hydrogens is 422 g/mol. The van der Waals surface area contributed by atoms with Crippen molar-refractivity contribution in [2.45, 2.75) is 27.4 Å². The number of hydrogen-bond acceptors (Lipinski definition) is 2. The lowest BCUT2D eigenvalue weighted by atomic mass is 10.1. The molecule has 0 atom stereocenters. The molecular formula is C27H24ClNO3. The monoisotopic (exact) mass is 445 g/mol. The van der Waals surface area contributed by atoms with Crippen molar-refractivity contribution in [3.05, 3.63) is 106 Å². The summed E-state index contributed by atoms with van der Waals surface area (Å²) >= 11 is 6.36. The predicted octanol–water partition coefficient (Wildman–Crippen LogP) is 7.00. The summed E-state index contributed by atoms with van der Waals surface area (Å²) in [4.78, 5) is 11.7. The average molecular weight is 446 g/mol. The fraction of sp³-hybridized carbons (Fsp3) is 0.148. The summed E-state index contributed by atoms with van der Waals surface area (Å²) in [5.74, 6) is -0.233. The molecule has 0 aliphatic heterocycles. The fourth-order valence-electron chi connectivity index (χ4n) is 3.83. The van der Waals surface area contributed by atoms with Crippen LogP contribution in [0.5, 0.6) is 5.75 Å². The number of aromatic carboxylic acids is 1. The summed E-state index contributed by atoms with van der Waals surface area (Å²) in [5, 5.41) is 10.2. The number of rotatable bonds is 6. The average Bonchev–Trinajstić information content (AvgIpc) is 3.15. The zero-order chi connectivity index (χ0) is 22.8. The van der Waals surface area contributed by atoms with E-state index in [0.717, 1.165) is 33.8 Å². The Hall–Kier alpha value is -3.50. The molecule has 32 heavy (non-hydrogen) atoms. The molecule has 4 nitrogen and oxygen atoms in total. The highest BCUT2D eigenvalue weighted by molar-refractivity contribution is 6.31. The van der Waals surface area contributed by atoms with Gasteiger partial charge < -0.3 is 14.4 Å². The Morgan fingerprint density at radius 2 is 1.72 bits per heavy atom. The molecule has 0 bridgehead atoms. The van der Waals surface area contributed by atoms with Gasteiger partial charge in [-0.2, -0.15) is 0 Å². The maximum Gasteiger partial charge on any atom is 0.336 e. The molecule has 3 aromatic carbocycles. The molecule has 0 aliphatic carbocycles. The van der Waals surface area contributed by atoms with Gasteiger partial charge in [-0.25, -0.2) is 4.79 Å². The molecule has 5 heteroatoms. The van der Waals surface area contributed by atoms with Crippen molar-refractivity contribution in [3.63, 3.8) is 0 Å². The number of aryl methyl sites for hydroxylation is 3. The van der Waals surface area contributed by atoms with Crippen LogP contribution < -0.4 is 4.74 Å². The molecule has 0 amide bonds. The van der Waals surface area contributed by atoms with Crippen molar-refractivity contribution in [1.29, 1.82) is 0 Å². The number of hydrogen-bond donors (Lipinski definition) is 1. The van der Waals surface area contributed by atoms with E-state index in [-0.39, 0.29) is 5.56 Å². The van der Waals surface area contributed by atoms with E-state index in [1.165, 1.54) is 5.56 Å². The molecule has 1 aromatic heterocycles. The second kappa shape index (κ2) is 8.93. The lowest BCUT2D eigenvalue weighted by Gasteiger charge is -2.17. The van der Waals surface area contributed by atoms with Gasteiger partial charge in [0.2, 0.25) is 0 Å². The van der Waals surface area contributed by atoms with Crippen LogP contribution in [0.4, 0.5) is 0 Å². The molecule has 0 saturated heterocycles. The van der Waals surface area contributed by atoms with E-state index in [1.807, 2.05) is 66.1 Å². The highest BCUT2D eigenvalue weighted by atomic mass is 35.5. The summed E-state index contributed by atoms with van der Waals surface area (Å²) in [6.07, 6.45) is 0. The third-order valence-electron chi connectivity index (χ3n) is 5.65. The maximum atomic E-state index is 11.7. The van der Waals surface area contributed by atoms with E-state index in [2.05, 4.69) is 19.1 Å². The first kappa shape index (κ1) is 21.7. The molecule has 1 N–H and O–H groups in total. The first-order valence-corrected chi connectivity index (χ1v) is 10.7. The van der Waals surface area contributed by atoms with Crippen LogP contribution in [-0.4, -0.2) is 15.6 Å². The molecule has 1 heterocycles. The van der Waals surface area contributed by atoms with Gasteiger partial charge in [0.25, 0.3) is 0 Å². The Labute approximate surface area is 192 Å². The van der Waals surface area contributed by atoms with Crippen molar-refractivity contribution in [2.24, 2.45) is 0 Å². The third kappa shape index (κ3) is 4.27. The van der Waals surface area contributed by atoms with Gasteiger partial charge in [-0.05, 0) is 79.9 Å². The number of benzene rings is 3. The van der Waals surface area contributed by atoms with Gasteiger partial charge in [0.1, 0.15) is 12.4 Å². The van der Waals surface area contributed by atoms with Crippen LogP contribution in [0.15, 0.2) is 72.8 Å². The van der Waals surface area contributed by atoms with Crippen LogP contribution in [0.3, 0.4) is 0 Å². The summed E-state index contributed by atoms with van der Waals surface area (Å²) < 4.78 is 8.25. The van der Waals surface area contributed by atoms with Crippen molar-refractivity contribution < 1.29 is 14.6 Å². The molecule has 0 unspecified atom stereocenters. The smallest absolute Gasteiger partial charge is 0.336 e. The number of nitrogens with zero attached hydrogens (tertiary/aromatic N) is 1. The van der Waals surface area contributed by atoms with Gasteiger partial charge in [-0.1, -0.05) is 41.9 Å². The molecule has 0 radical (unpaired) electrons. The molecule has 0 fully saturated rings. The second-order valence-corrected chi connectivity index (χ2v) is 8.29. The summed E-state index contributed by atoms with van der Waals surface area (Å²) in [5.41, 5.74) is 6.76. The minimum atomic E-state index is -0.944. The van der Waals surface area contributed by atoms with Crippen molar-refractivity contribution in [2.75, 3.05) is 0 Å². The van der Waals surface area contributed by atoms with Crippen molar-refractivity contribution >= 4 is 17.6 Å². The van der Waals surface area contributed by atoms with Gasteiger partial charge in [0, 0.05) is 22.0 Å². The number of ether oxygens (including phenoxy) is 1. The van der Waals surface area contributed by atoms with Gasteiger partial charge in [0.15, 0.2) is 0 Å². The standard InChI is InChI=1S/C27H24ClNO3/c1-17-6-4-5-7-20(17)16-32-26-13-10-21(28)14-24(26)25-12-9-19(3)29(25)22-11-8-18(2)23(15-22)27(30)31/h4-15H,16H2,1-3H3,(H,30,31). The van der Waals surface area contributed by atoms with Crippen LogP contribution in [0, 0.1) is 20.8 Å². The second-order valence-electron chi connectivity index (χ2n) is 7.86. The molecule has 162 valence electrons. The van der Waals surface area contributed by atoms with Gasteiger partial charge in [0.05, 0.1) is 11.3 Å². The lowest BCUT2D eigenvalue weighted by Crippen LogP contribution is -2.05. The van der Waals surface area contributed by atoms with Crippen molar-refractivity contribution in [3.8, 4) is 22.7 Å². The van der Waals surface area contributed by atoms with Crippen LogP contribution in [-0.2, 0) is 6.61 Å². The van der Waals surface area contributed by atoms with Crippen LogP contribution >= 0.6 is 11.6 Å². The summed E-state index contributed by atoms with van der Waals surface area (Å²) in [6, 6.07) is 23.2. The Balaban J connectivity index is 1.79. The van der Waals surface area contributed by atoms with E-state index in [1.54, 1.807) is 13.0 Å². The van der Waals surface area contributed by atoms with E-state index in [0.29, 0.717) is 17.4 Å². The summed E-state index contributed by atoms with van der Waals surface area (Å²) in [6.45, 7) is 6.29. The summed E-state index contributed by atoms with van der Waals surface area (Å²) in [7, 11) is 0. The number of halogens is 1. The Bertz CT molecular complexity index is 1310. The Morgan fingerprint density at radius 3 is 2.47 bits per heavy atom. The molecule has 0 saturated carbocycles. The van der Waals surface area contributed by atoms with Gasteiger partial charge in [-0.3, -0.25) is 0 Å². The molecule has 0 spiro atoms. The third-order valence-corrected chi connectivity index (χ3v) is 5.88. The number of aromatic nitrogens is 1. The van der Waals surface area contributed by atoms with Gasteiger partial charge >= 0.3 is 5.97 Å². The van der Waals surface area contributed by atoms with E-state index in [4.69, 9.17) is 16.3 Å². The fourth-order valence-corrected chi connectivity index (χ4v) is 4.00. The first-order chi connectivity index (χ1) is 15.3. The molecule has 4 rings (SSSR count).